The molecule has 0 amide bonds. The molecule has 2 aromatic rings. The van der Waals surface area contributed by atoms with Crippen LogP contribution >= 0.6 is 11.3 Å². The van der Waals surface area contributed by atoms with Crippen molar-refractivity contribution in [3.8, 4) is 0 Å². The molecule has 1 atom stereocenters. The highest BCUT2D eigenvalue weighted by atomic mass is 32.1. The Morgan fingerprint density at radius 3 is 2.94 bits per heavy atom. The molecular formula is C14H18N2S. The molecule has 0 saturated carbocycles. The molecule has 2 rings (SSSR count). The number of aryl methyl sites for hydroxylation is 1. The minimum Gasteiger partial charge on any atom is -0.319 e. The van der Waals surface area contributed by atoms with E-state index in [0.717, 1.165) is 13.0 Å². The molecule has 2 nitrogen and oxygen atoms in total. The number of likely N-dealkylation sites (N-methyl/N-ethyl adjacent to an activating group) is 1. The van der Waals surface area contributed by atoms with Gasteiger partial charge in [-0.15, -0.1) is 11.3 Å². The van der Waals surface area contributed by atoms with E-state index in [0.29, 0.717) is 5.92 Å². The maximum Gasteiger partial charge on any atom is 0.0931 e. The molecule has 0 aliphatic carbocycles. The van der Waals surface area contributed by atoms with E-state index in [1.807, 2.05) is 18.6 Å². The third-order valence-electron chi connectivity index (χ3n) is 2.87. The minimum atomic E-state index is 0.506. The normalized spacial score (nSPS) is 12.6. The average Bonchev–Trinajstić information content (AvgIpc) is 2.81. The van der Waals surface area contributed by atoms with Gasteiger partial charge < -0.3 is 5.32 Å². The zero-order chi connectivity index (χ0) is 12.1. The molecule has 1 unspecified atom stereocenters. The number of nitrogens with one attached hydrogen (secondary N) is 1. The predicted molar refractivity (Wildman–Crippen MR) is 73.7 cm³/mol. The van der Waals surface area contributed by atoms with Gasteiger partial charge in [0.1, 0.15) is 0 Å². The number of benzene rings is 1. The third kappa shape index (κ3) is 3.38. The molecule has 0 aliphatic heterocycles. The zero-order valence-corrected chi connectivity index (χ0v) is 11.1. The van der Waals surface area contributed by atoms with Crippen molar-refractivity contribution in [1.82, 2.24) is 10.3 Å². The molecule has 0 radical (unpaired) electrons. The van der Waals surface area contributed by atoms with Gasteiger partial charge >= 0.3 is 0 Å². The monoisotopic (exact) mass is 246 g/mol. The molecule has 1 N–H and O–H groups in total. The van der Waals surface area contributed by atoms with Crippen molar-refractivity contribution in [1.29, 1.82) is 0 Å². The Kier molecular flexibility index (Phi) is 4.29. The molecule has 0 saturated heterocycles. The summed E-state index contributed by atoms with van der Waals surface area (Å²) in [7, 11) is 2.00. The number of nitrogens with zero attached hydrogens (tertiary/aromatic N) is 1. The fraction of sp³-hybridized carbons (Fsp3) is 0.357. The van der Waals surface area contributed by atoms with Crippen LogP contribution in [0.3, 0.4) is 0 Å². The number of thiazole rings is 1. The van der Waals surface area contributed by atoms with E-state index in [-0.39, 0.29) is 0 Å². The molecule has 1 aromatic carbocycles. The van der Waals surface area contributed by atoms with Gasteiger partial charge in [0.05, 0.1) is 5.01 Å². The van der Waals surface area contributed by atoms with Crippen LogP contribution < -0.4 is 5.32 Å². The molecule has 0 aliphatic rings. The highest BCUT2D eigenvalue weighted by Crippen LogP contribution is 2.22. The lowest BCUT2D eigenvalue weighted by Crippen LogP contribution is -2.19. The molecule has 90 valence electrons. The molecule has 0 fully saturated rings. The molecule has 1 heterocycles. The summed E-state index contributed by atoms with van der Waals surface area (Å²) in [6.45, 7) is 3.13. The Hall–Kier alpha value is -1.19. The van der Waals surface area contributed by atoms with E-state index in [1.165, 1.54) is 16.1 Å². The van der Waals surface area contributed by atoms with Crippen LogP contribution in [0.4, 0.5) is 0 Å². The van der Waals surface area contributed by atoms with Gasteiger partial charge in [-0.1, -0.05) is 29.8 Å². The first-order valence-electron chi connectivity index (χ1n) is 5.89. The van der Waals surface area contributed by atoms with E-state index in [9.17, 15) is 0 Å². The molecule has 0 spiro atoms. The van der Waals surface area contributed by atoms with Gasteiger partial charge in [0.15, 0.2) is 0 Å². The largest absolute Gasteiger partial charge is 0.319 e. The van der Waals surface area contributed by atoms with Crippen LogP contribution in [0.2, 0.25) is 0 Å². The van der Waals surface area contributed by atoms with Crippen molar-refractivity contribution in [2.45, 2.75) is 19.3 Å². The van der Waals surface area contributed by atoms with Crippen molar-refractivity contribution < 1.29 is 0 Å². The van der Waals surface area contributed by atoms with Crippen LogP contribution in [0.15, 0.2) is 35.8 Å². The van der Waals surface area contributed by atoms with E-state index < -0.39 is 0 Å². The van der Waals surface area contributed by atoms with Crippen molar-refractivity contribution in [2.24, 2.45) is 0 Å². The van der Waals surface area contributed by atoms with Gasteiger partial charge in [-0.25, -0.2) is 4.98 Å². The van der Waals surface area contributed by atoms with Gasteiger partial charge in [-0.05, 0) is 19.5 Å². The summed E-state index contributed by atoms with van der Waals surface area (Å²) in [4.78, 5) is 4.38. The number of rotatable bonds is 5. The minimum absolute atomic E-state index is 0.506. The Morgan fingerprint density at radius 1 is 1.41 bits per heavy atom. The van der Waals surface area contributed by atoms with Crippen molar-refractivity contribution in [2.75, 3.05) is 13.6 Å². The summed E-state index contributed by atoms with van der Waals surface area (Å²) in [5.74, 6) is 0.506. The van der Waals surface area contributed by atoms with E-state index in [2.05, 4.69) is 41.5 Å². The van der Waals surface area contributed by atoms with Crippen LogP contribution in [0.1, 0.15) is 22.1 Å². The van der Waals surface area contributed by atoms with Gasteiger partial charge in [-0.3, -0.25) is 0 Å². The highest BCUT2D eigenvalue weighted by molar-refractivity contribution is 7.09. The molecular weight excluding hydrogens is 228 g/mol. The van der Waals surface area contributed by atoms with Gasteiger partial charge in [-0.2, -0.15) is 0 Å². The van der Waals surface area contributed by atoms with Crippen molar-refractivity contribution in [3.63, 3.8) is 0 Å². The Morgan fingerprint density at radius 2 is 2.29 bits per heavy atom. The van der Waals surface area contributed by atoms with E-state index in [4.69, 9.17) is 0 Å². The summed E-state index contributed by atoms with van der Waals surface area (Å²) in [5, 5.41) is 6.53. The maximum absolute atomic E-state index is 4.38. The van der Waals surface area contributed by atoms with Crippen LogP contribution in [-0.2, 0) is 6.42 Å². The lowest BCUT2D eigenvalue weighted by atomic mass is 9.94. The zero-order valence-electron chi connectivity index (χ0n) is 10.3. The standard InChI is InChI=1S/C14H18N2S/c1-11-4-3-5-12(8-11)13(10-15-2)9-14-16-6-7-17-14/h3-8,13,15H,9-10H2,1-2H3. The summed E-state index contributed by atoms with van der Waals surface area (Å²) in [5.41, 5.74) is 2.72. The summed E-state index contributed by atoms with van der Waals surface area (Å²) < 4.78 is 0. The lowest BCUT2D eigenvalue weighted by Gasteiger charge is -2.16. The average molecular weight is 246 g/mol. The fourth-order valence-electron chi connectivity index (χ4n) is 2.04. The second kappa shape index (κ2) is 5.94. The summed E-state index contributed by atoms with van der Waals surface area (Å²) in [6, 6.07) is 8.76. The van der Waals surface area contributed by atoms with Crippen molar-refractivity contribution in [3.05, 3.63) is 52.0 Å². The summed E-state index contributed by atoms with van der Waals surface area (Å²) >= 11 is 1.74. The first-order chi connectivity index (χ1) is 8.29. The van der Waals surface area contributed by atoms with E-state index in [1.54, 1.807) is 11.3 Å². The molecule has 0 bridgehead atoms. The number of aromatic nitrogens is 1. The van der Waals surface area contributed by atoms with Crippen molar-refractivity contribution >= 4 is 11.3 Å². The van der Waals surface area contributed by atoms with E-state index >= 15 is 0 Å². The second-order valence-electron chi connectivity index (χ2n) is 4.30. The van der Waals surface area contributed by atoms with Crippen LogP contribution in [-0.4, -0.2) is 18.6 Å². The number of hydrogen-bond donors (Lipinski definition) is 1. The highest BCUT2D eigenvalue weighted by Gasteiger charge is 2.13. The fourth-order valence-corrected chi connectivity index (χ4v) is 2.74. The summed E-state index contributed by atoms with van der Waals surface area (Å²) in [6.07, 6.45) is 2.90. The van der Waals surface area contributed by atoms with Crippen LogP contribution in [0.5, 0.6) is 0 Å². The number of hydrogen-bond acceptors (Lipinski definition) is 3. The molecule has 17 heavy (non-hydrogen) atoms. The smallest absolute Gasteiger partial charge is 0.0931 e. The van der Waals surface area contributed by atoms with Gasteiger partial charge in [0, 0.05) is 30.5 Å². The first kappa shape index (κ1) is 12.3. The van der Waals surface area contributed by atoms with Gasteiger partial charge in [0.25, 0.3) is 0 Å². The van der Waals surface area contributed by atoms with Gasteiger partial charge in [0.2, 0.25) is 0 Å². The third-order valence-corrected chi connectivity index (χ3v) is 3.67. The lowest BCUT2D eigenvalue weighted by molar-refractivity contribution is 0.623. The molecule has 3 heteroatoms. The first-order valence-corrected chi connectivity index (χ1v) is 6.77. The Labute approximate surface area is 107 Å². The van der Waals surface area contributed by atoms with Crippen LogP contribution in [0, 0.1) is 6.92 Å². The predicted octanol–water partition coefficient (Wildman–Crippen LogP) is 3.00. The SMILES string of the molecule is CNCC(Cc1nccs1)c1cccc(C)c1. The Balaban J connectivity index is 2.16. The quantitative estimate of drug-likeness (QED) is 0.877. The molecule has 1 aromatic heterocycles. The second-order valence-corrected chi connectivity index (χ2v) is 5.28. The maximum atomic E-state index is 4.38. The topological polar surface area (TPSA) is 24.9 Å². The Bertz CT molecular complexity index is 451. The van der Waals surface area contributed by atoms with Crippen LogP contribution in [0.25, 0.3) is 0 Å².